The molecule has 0 aliphatic carbocycles. The first-order valence-electron chi connectivity index (χ1n) is 5.14. The lowest BCUT2D eigenvalue weighted by atomic mass is 10.2. The summed E-state index contributed by atoms with van der Waals surface area (Å²) in [6, 6.07) is 3.69. The van der Waals surface area contributed by atoms with Crippen molar-refractivity contribution in [1.29, 1.82) is 0 Å². The zero-order valence-electron chi connectivity index (χ0n) is 9.16. The van der Waals surface area contributed by atoms with Gasteiger partial charge in [0.1, 0.15) is 0 Å². The van der Waals surface area contributed by atoms with Gasteiger partial charge in [-0.3, -0.25) is 9.78 Å². The summed E-state index contributed by atoms with van der Waals surface area (Å²) in [6.45, 7) is 5.11. The number of aromatic nitrogens is 1. The van der Waals surface area contributed by atoms with Crippen LogP contribution in [0.1, 0.15) is 19.4 Å². The maximum Gasteiger partial charge on any atom is 0.236 e. The van der Waals surface area contributed by atoms with Crippen LogP contribution >= 0.6 is 0 Å². The third-order valence-electron chi connectivity index (χ3n) is 2.11. The van der Waals surface area contributed by atoms with E-state index in [0.29, 0.717) is 13.1 Å². The van der Waals surface area contributed by atoms with Gasteiger partial charge in [0.05, 0.1) is 6.04 Å². The Morgan fingerprint density at radius 1 is 1.47 bits per heavy atom. The van der Waals surface area contributed by atoms with Crippen LogP contribution in [-0.2, 0) is 11.3 Å². The van der Waals surface area contributed by atoms with Crippen molar-refractivity contribution in [1.82, 2.24) is 15.6 Å². The minimum atomic E-state index is -0.168. The van der Waals surface area contributed by atoms with Crippen molar-refractivity contribution in [2.75, 3.05) is 6.54 Å². The van der Waals surface area contributed by atoms with Crippen LogP contribution in [0.15, 0.2) is 24.5 Å². The summed E-state index contributed by atoms with van der Waals surface area (Å²) < 4.78 is 0. The molecule has 0 aromatic carbocycles. The number of likely N-dealkylation sites (N-methyl/N-ethyl adjacent to an activating group) is 1. The highest BCUT2D eigenvalue weighted by atomic mass is 16.2. The van der Waals surface area contributed by atoms with Crippen molar-refractivity contribution in [3.05, 3.63) is 30.1 Å². The average Bonchev–Trinajstić information content (AvgIpc) is 2.27. The van der Waals surface area contributed by atoms with Gasteiger partial charge in [-0.2, -0.15) is 0 Å². The van der Waals surface area contributed by atoms with Gasteiger partial charge in [-0.25, -0.2) is 0 Å². The van der Waals surface area contributed by atoms with E-state index in [1.54, 1.807) is 12.4 Å². The quantitative estimate of drug-likeness (QED) is 0.747. The number of carbonyl (C=O) groups is 1. The molecule has 0 radical (unpaired) electrons. The van der Waals surface area contributed by atoms with Crippen LogP contribution in [0.3, 0.4) is 0 Å². The largest absolute Gasteiger partial charge is 0.355 e. The van der Waals surface area contributed by atoms with Crippen molar-refractivity contribution in [3.63, 3.8) is 0 Å². The number of hydrogen-bond donors (Lipinski definition) is 2. The molecule has 1 rings (SSSR count). The van der Waals surface area contributed by atoms with E-state index in [-0.39, 0.29) is 11.9 Å². The van der Waals surface area contributed by atoms with Crippen LogP contribution in [-0.4, -0.2) is 23.5 Å². The molecular formula is C11H17N3O. The number of rotatable bonds is 5. The highest BCUT2D eigenvalue weighted by Gasteiger charge is 2.09. The molecule has 0 spiro atoms. The SMILES string of the molecule is CCNC(=O)C(C)NCc1ccncc1. The first-order chi connectivity index (χ1) is 7.24. The molecule has 1 atom stereocenters. The summed E-state index contributed by atoms with van der Waals surface area (Å²) in [6.07, 6.45) is 3.49. The van der Waals surface area contributed by atoms with E-state index in [1.807, 2.05) is 26.0 Å². The fraction of sp³-hybridized carbons (Fsp3) is 0.455. The molecule has 1 amide bonds. The lowest BCUT2D eigenvalue weighted by Gasteiger charge is -2.12. The predicted octanol–water partition coefficient (Wildman–Crippen LogP) is 0.696. The molecular weight excluding hydrogens is 190 g/mol. The van der Waals surface area contributed by atoms with Gasteiger partial charge in [0.2, 0.25) is 5.91 Å². The zero-order valence-corrected chi connectivity index (χ0v) is 9.16. The van der Waals surface area contributed by atoms with E-state index >= 15 is 0 Å². The Hall–Kier alpha value is -1.42. The van der Waals surface area contributed by atoms with Gasteiger partial charge in [0.15, 0.2) is 0 Å². The molecule has 0 aliphatic rings. The molecule has 1 unspecified atom stereocenters. The number of nitrogens with zero attached hydrogens (tertiary/aromatic N) is 1. The summed E-state index contributed by atoms with van der Waals surface area (Å²) in [5.41, 5.74) is 1.13. The highest BCUT2D eigenvalue weighted by Crippen LogP contribution is 1.96. The fourth-order valence-electron chi connectivity index (χ4n) is 1.19. The molecule has 0 aliphatic heterocycles. The molecule has 1 aromatic heterocycles. The number of amides is 1. The summed E-state index contributed by atoms with van der Waals surface area (Å²) >= 11 is 0. The van der Waals surface area contributed by atoms with Crippen LogP contribution in [0.25, 0.3) is 0 Å². The average molecular weight is 207 g/mol. The van der Waals surface area contributed by atoms with E-state index in [0.717, 1.165) is 5.56 Å². The Morgan fingerprint density at radius 2 is 2.13 bits per heavy atom. The third kappa shape index (κ3) is 4.08. The minimum absolute atomic E-state index is 0.0338. The molecule has 0 fully saturated rings. The molecule has 0 bridgehead atoms. The van der Waals surface area contributed by atoms with E-state index < -0.39 is 0 Å². The van der Waals surface area contributed by atoms with Crippen LogP contribution in [0.5, 0.6) is 0 Å². The molecule has 1 aromatic rings. The number of hydrogen-bond acceptors (Lipinski definition) is 3. The van der Waals surface area contributed by atoms with E-state index in [1.165, 1.54) is 0 Å². The van der Waals surface area contributed by atoms with Crippen molar-refractivity contribution < 1.29 is 4.79 Å². The number of nitrogens with one attached hydrogen (secondary N) is 2. The van der Waals surface area contributed by atoms with E-state index in [4.69, 9.17) is 0 Å². The molecule has 4 heteroatoms. The second-order valence-corrected chi connectivity index (χ2v) is 3.35. The molecule has 4 nitrogen and oxygen atoms in total. The van der Waals surface area contributed by atoms with Crippen molar-refractivity contribution in [2.45, 2.75) is 26.4 Å². The Labute approximate surface area is 90.1 Å². The van der Waals surface area contributed by atoms with Crippen LogP contribution in [0.4, 0.5) is 0 Å². The fourth-order valence-corrected chi connectivity index (χ4v) is 1.19. The van der Waals surface area contributed by atoms with Gasteiger partial charge in [-0.1, -0.05) is 0 Å². The van der Waals surface area contributed by atoms with Crippen LogP contribution in [0.2, 0.25) is 0 Å². The van der Waals surface area contributed by atoms with Crippen molar-refractivity contribution in [3.8, 4) is 0 Å². The standard InChI is InChI=1S/C11H17N3O/c1-3-13-11(15)9(2)14-8-10-4-6-12-7-5-10/h4-7,9,14H,3,8H2,1-2H3,(H,13,15). The molecule has 0 saturated heterocycles. The number of carbonyl (C=O) groups excluding carboxylic acids is 1. The van der Waals surface area contributed by atoms with Gasteiger partial charge in [0.25, 0.3) is 0 Å². The Bertz CT molecular complexity index is 300. The minimum Gasteiger partial charge on any atom is -0.355 e. The third-order valence-corrected chi connectivity index (χ3v) is 2.11. The second kappa shape index (κ2) is 6.14. The lowest BCUT2D eigenvalue weighted by molar-refractivity contribution is -0.122. The predicted molar refractivity (Wildman–Crippen MR) is 59.2 cm³/mol. The van der Waals surface area contributed by atoms with Gasteiger partial charge in [-0.05, 0) is 31.5 Å². The normalized spacial score (nSPS) is 12.1. The first kappa shape index (κ1) is 11.7. The number of pyridine rings is 1. The summed E-state index contributed by atoms with van der Waals surface area (Å²) in [4.78, 5) is 15.3. The molecule has 82 valence electrons. The molecule has 1 heterocycles. The van der Waals surface area contributed by atoms with Crippen molar-refractivity contribution >= 4 is 5.91 Å². The van der Waals surface area contributed by atoms with Gasteiger partial charge >= 0.3 is 0 Å². The highest BCUT2D eigenvalue weighted by molar-refractivity contribution is 5.81. The first-order valence-corrected chi connectivity index (χ1v) is 5.14. The maximum atomic E-state index is 11.4. The molecule has 0 saturated carbocycles. The molecule has 2 N–H and O–H groups in total. The van der Waals surface area contributed by atoms with Crippen LogP contribution < -0.4 is 10.6 Å². The van der Waals surface area contributed by atoms with Crippen LogP contribution in [0, 0.1) is 0 Å². The van der Waals surface area contributed by atoms with E-state index in [9.17, 15) is 4.79 Å². The van der Waals surface area contributed by atoms with Crippen molar-refractivity contribution in [2.24, 2.45) is 0 Å². The van der Waals surface area contributed by atoms with Gasteiger partial charge < -0.3 is 10.6 Å². The topological polar surface area (TPSA) is 54.0 Å². The Kier molecular flexibility index (Phi) is 4.77. The maximum absolute atomic E-state index is 11.4. The summed E-state index contributed by atoms with van der Waals surface area (Å²) in [5.74, 6) is 0.0338. The Balaban J connectivity index is 2.34. The van der Waals surface area contributed by atoms with Gasteiger partial charge in [-0.15, -0.1) is 0 Å². The summed E-state index contributed by atoms with van der Waals surface area (Å²) in [5, 5.41) is 5.91. The molecule has 15 heavy (non-hydrogen) atoms. The monoisotopic (exact) mass is 207 g/mol. The second-order valence-electron chi connectivity index (χ2n) is 3.35. The Morgan fingerprint density at radius 3 is 2.73 bits per heavy atom. The zero-order chi connectivity index (χ0) is 11.1. The van der Waals surface area contributed by atoms with E-state index in [2.05, 4.69) is 15.6 Å². The van der Waals surface area contributed by atoms with Gasteiger partial charge in [0, 0.05) is 25.5 Å². The lowest BCUT2D eigenvalue weighted by Crippen LogP contribution is -2.41. The smallest absolute Gasteiger partial charge is 0.236 e. The summed E-state index contributed by atoms with van der Waals surface area (Å²) in [7, 11) is 0.